The highest BCUT2D eigenvalue weighted by molar-refractivity contribution is 6.30. The number of carboxylic acids is 1. The van der Waals surface area contributed by atoms with Crippen molar-refractivity contribution in [2.24, 2.45) is 5.92 Å². The van der Waals surface area contributed by atoms with E-state index in [1.165, 1.54) is 5.56 Å². The Morgan fingerprint density at radius 2 is 1.72 bits per heavy atom. The Morgan fingerprint density at radius 1 is 1.00 bits per heavy atom. The number of aliphatic hydroxyl groups is 1. The zero-order valence-corrected chi connectivity index (χ0v) is 19.3. The number of hydrogen-bond donors (Lipinski definition) is 3. The van der Waals surface area contributed by atoms with Crippen molar-refractivity contribution >= 4 is 17.6 Å². The van der Waals surface area contributed by atoms with Gasteiger partial charge in [-0.15, -0.1) is 0 Å². The van der Waals surface area contributed by atoms with E-state index in [9.17, 15) is 15.0 Å². The Balaban J connectivity index is 1.57. The van der Waals surface area contributed by atoms with Gasteiger partial charge in [0.1, 0.15) is 0 Å². The molecule has 3 aromatic rings. The lowest BCUT2D eigenvalue weighted by atomic mass is 9.93. The molecule has 168 valence electrons. The number of aliphatic hydroxyl groups excluding tert-OH is 1. The van der Waals surface area contributed by atoms with Gasteiger partial charge >= 0.3 is 5.97 Å². The summed E-state index contributed by atoms with van der Waals surface area (Å²) in [7, 11) is 0. The molecule has 3 N–H and O–H groups in total. The summed E-state index contributed by atoms with van der Waals surface area (Å²) in [5.41, 5.74) is 5.35. The number of halogens is 1. The lowest BCUT2D eigenvalue weighted by molar-refractivity contribution is 0.0695. The van der Waals surface area contributed by atoms with Gasteiger partial charge < -0.3 is 15.5 Å². The van der Waals surface area contributed by atoms with Crippen LogP contribution in [0, 0.1) is 5.92 Å². The summed E-state index contributed by atoms with van der Waals surface area (Å²) in [6.07, 6.45) is 0.990. The second kappa shape index (κ2) is 11.3. The van der Waals surface area contributed by atoms with Crippen molar-refractivity contribution < 1.29 is 15.0 Å². The maximum Gasteiger partial charge on any atom is 0.335 e. The lowest BCUT2D eigenvalue weighted by Crippen LogP contribution is -2.23. The molecule has 3 rings (SSSR count). The first-order valence-corrected chi connectivity index (χ1v) is 11.3. The minimum Gasteiger partial charge on any atom is -0.478 e. The predicted molar refractivity (Wildman–Crippen MR) is 130 cm³/mol. The van der Waals surface area contributed by atoms with E-state index in [0.29, 0.717) is 23.0 Å². The molecule has 5 heteroatoms. The van der Waals surface area contributed by atoms with E-state index >= 15 is 0 Å². The first-order chi connectivity index (χ1) is 15.3. The second-order valence-electron chi connectivity index (χ2n) is 8.50. The van der Waals surface area contributed by atoms with Crippen LogP contribution in [-0.4, -0.2) is 29.3 Å². The molecule has 0 radical (unpaired) electrons. The zero-order valence-electron chi connectivity index (χ0n) is 18.5. The van der Waals surface area contributed by atoms with E-state index < -0.39 is 12.1 Å². The van der Waals surface area contributed by atoms with E-state index in [1.54, 1.807) is 18.2 Å². The third-order valence-corrected chi connectivity index (χ3v) is 5.65. The van der Waals surface area contributed by atoms with E-state index in [2.05, 4.69) is 43.4 Å². The van der Waals surface area contributed by atoms with Crippen LogP contribution in [0.5, 0.6) is 0 Å². The fourth-order valence-electron chi connectivity index (χ4n) is 3.76. The number of rotatable bonds is 10. The molecule has 3 aromatic carbocycles. The average Bonchev–Trinajstić information content (AvgIpc) is 2.76. The van der Waals surface area contributed by atoms with Gasteiger partial charge in [-0.05, 0) is 71.3 Å². The Bertz CT molecular complexity index is 1050. The van der Waals surface area contributed by atoms with Gasteiger partial charge in [0.15, 0.2) is 0 Å². The van der Waals surface area contributed by atoms with Crippen LogP contribution in [0.4, 0.5) is 0 Å². The molecule has 0 unspecified atom stereocenters. The van der Waals surface area contributed by atoms with Crippen LogP contribution >= 0.6 is 11.6 Å². The molecule has 0 aliphatic carbocycles. The molecule has 1 atom stereocenters. The number of nitrogens with one attached hydrogen (secondary N) is 1. The molecule has 0 aliphatic heterocycles. The zero-order chi connectivity index (χ0) is 23.1. The van der Waals surface area contributed by atoms with E-state index in [4.69, 9.17) is 11.6 Å². The van der Waals surface area contributed by atoms with Gasteiger partial charge in [0.2, 0.25) is 0 Å². The Hall–Kier alpha value is -2.66. The van der Waals surface area contributed by atoms with Gasteiger partial charge in [-0.3, -0.25) is 0 Å². The molecular weight excluding hydrogens is 422 g/mol. The maximum absolute atomic E-state index is 11.5. The molecule has 0 saturated heterocycles. The summed E-state index contributed by atoms with van der Waals surface area (Å²) in [4.78, 5) is 11.5. The predicted octanol–water partition coefficient (Wildman–Crippen LogP) is 5.77. The third kappa shape index (κ3) is 6.67. The number of hydrogen-bond acceptors (Lipinski definition) is 3. The minimum atomic E-state index is -0.879. The molecule has 0 spiro atoms. The topological polar surface area (TPSA) is 69.6 Å². The van der Waals surface area contributed by atoms with E-state index in [-0.39, 0.29) is 0 Å². The summed E-state index contributed by atoms with van der Waals surface area (Å²) >= 11 is 5.98. The van der Waals surface area contributed by atoms with Gasteiger partial charge in [0, 0.05) is 11.6 Å². The minimum absolute atomic E-state index is 0.380. The van der Waals surface area contributed by atoms with Crippen LogP contribution in [0.25, 0.3) is 11.1 Å². The van der Waals surface area contributed by atoms with E-state index in [1.807, 2.05) is 24.3 Å². The summed E-state index contributed by atoms with van der Waals surface area (Å²) < 4.78 is 0. The van der Waals surface area contributed by atoms with Gasteiger partial charge in [-0.2, -0.15) is 0 Å². The molecule has 4 nitrogen and oxygen atoms in total. The average molecular weight is 452 g/mol. The molecule has 0 amide bonds. The molecule has 32 heavy (non-hydrogen) atoms. The molecule has 0 aromatic heterocycles. The second-order valence-corrected chi connectivity index (χ2v) is 8.93. The molecule has 0 heterocycles. The van der Waals surface area contributed by atoms with Crippen LogP contribution in [0.1, 0.15) is 47.0 Å². The summed E-state index contributed by atoms with van der Waals surface area (Å²) in [5, 5.41) is 23.7. The van der Waals surface area contributed by atoms with Crippen molar-refractivity contribution in [2.75, 3.05) is 13.1 Å². The number of benzene rings is 3. The summed E-state index contributed by atoms with van der Waals surface area (Å²) in [6.45, 7) is 5.40. The fraction of sp³-hybridized carbons (Fsp3) is 0.296. The molecule has 0 aliphatic rings. The van der Waals surface area contributed by atoms with Gasteiger partial charge in [-0.25, -0.2) is 4.79 Å². The molecule has 0 saturated carbocycles. The van der Waals surface area contributed by atoms with Crippen molar-refractivity contribution in [3.8, 4) is 11.1 Å². The Labute approximate surface area is 194 Å². The van der Waals surface area contributed by atoms with Crippen molar-refractivity contribution in [1.82, 2.24) is 5.32 Å². The SMILES string of the molecule is CC(C)Cc1cc(-c2ccc(CCNC[C@@H](O)c3cccc(Cl)c3)cc2)ccc1C(=O)O. The van der Waals surface area contributed by atoms with Crippen LogP contribution in [-0.2, 0) is 12.8 Å². The molecule has 0 fully saturated rings. The monoisotopic (exact) mass is 451 g/mol. The lowest BCUT2D eigenvalue weighted by Gasteiger charge is -2.13. The highest BCUT2D eigenvalue weighted by Gasteiger charge is 2.13. The van der Waals surface area contributed by atoms with Crippen molar-refractivity contribution in [1.29, 1.82) is 0 Å². The number of carboxylic acid groups (broad SMARTS) is 1. The van der Waals surface area contributed by atoms with Crippen molar-refractivity contribution in [3.05, 3.63) is 94.0 Å². The number of carbonyl (C=O) groups is 1. The van der Waals surface area contributed by atoms with Gasteiger partial charge in [0.25, 0.3) is 0 Å². The van der Waals surface area contributed by atoms with Gasteiger partial charge in [-0.1, -0.05) is 74.0 Å². The van der Waals surface area contributed by atoms with Crippen LogP contribution in [0.2, 0.25) is 5.02 Å². The fourth-order valence-corrected chi connectivity index (χ4v) is 3.96. The largest absolute Gasteiger partial charge is 0.478 e. The Morgan fingerprint density at radius 3 is 2.38 bits per heavy atom. The summed E-state index contributed by atoms with van der Waals surface area (Å²) in [6, 6.07) is 21.2. The summed E-state index contributed by atoms with van der Waals surface area (Å²) in [5.74, 6) is -0.494. The highest BCUT2D eigenvalue weighted by Crippen LogP contribution is 2.25. The quantitative estimate of drug-likeness (QED) is 0.342. The third-order valence-electron chi connectivity index (χ3n) is 5.41. The first kappa shape index (κ1) is 24.0. The normalized spacial score (nSPS) is 12.2. The molecule has 0 bridgehead atoms. The van der Waals surface area contributed by atoms with Crippen molar-refractivity contribution in [3.63, 3.8) is 0 Å². The van der Waals surface area contributed by atoms with Crippen LogP contribution in [0.15, 0.2) is 66.7 Å². The molecular formula is C27H30ClNO3. The first-order valence-electron chi connectivity index (χ1n) is 10.9. The maximum atomic E-state index is 11.5. The Kier molecular flexibility index (Phi) is 8.46. The van der Waals surface area contributed by atoms with E-state index in [0.717, 1.165) is 41.6 Å². The standard InChI is InChI=1S/C27H30ClNO3/c1-18(2)14-23-15-21(10-11-25(23)27(31)32)20-8-6-19(7-9-20)12-13-29-17-26(30)22-4-3-5-24(28)16-22/h3-11,15-16,18,26,29-30H,12-14,17H2,1-2H3,(H,31,32)/t26-/m1/s1. The van der Waals surface area contributed by atoms with Crippen LogP contribution in [0.3, 0.4) is 0 Å². The smallest absolute Gasteiger partial charge is 0.335 e. The van der Waals surface area contributed by atoms with Crippen molar-refractivity contribution in [2.45, 2.75) is 32.8 Å². The highest BCUT2D eigenvalue weighted by atomic mass is 35.5. The number of aromatic carboxylic acids is 1. The van der Waals surface area contributed by atoms with Gasteiger partial charge in [0.05, 0.1) is 11.7 Å². The van der Waals surface area contributed by atoms with Crippen LogP contribution < -0.4 is 5.32 Å².